The first kappa shape index (κ1) is 8.20. The van der Waals surface area contributed by atoms with Gasteiger partial charge in [0.2, 0.25) is 0 Å². The molecule has 0 saturated carbocycles. The van der Waals surface area contributed by atoms with Gasteiger partial charge in [-0.15, -0.1) is 0 Å². The standard InChI is InChI=1S/C11H12N2/c12-8-9-6-7-13-11-5-3-1-2-4-10(9)11/h2-7H,1,8,12H2. The maximum atomic E-state index is 5.64. The molecule has 0 aromatic carbocycles. The molecule has 1 aromatic rings. The molecule has 0 spiro atoms. The van der Waals surface area contributed by atoms with E-state index in [1.54, 1.807) is 0 Å². The largest absolute Gasteiger partial charge is 0.326 e. The minimum Gasteiger partial charge on any atom is -0.326 e. The lowest BCUT2D eigenvalue weighted by Crippen LogP contribution is -2.01. The van der Waals surface area contributed by atoms with E-state index in [0.29, 0.717) is 6.54 Å². The van der Waals surface area contributed by atoms with Crippen molar-refractivity contribution in [3.05, 3.63) is 41.2 Å². The molecular formula is C11H12N2. The molecule has 1 aliphatic carbocycles. The molecule has 0 radical (unpaired) electrons. The Morgan fingerprint density at radius 3 is 3.00 bits per heavy atom. The van der Waals surface area contributed by atoms with Crippen molar-refractivity contribution in [3.8, 4) is 0 Å². The fourth-order valence-electron chi connectivity index (χ4n) is 1.48. The fourth-order valence-corrected chi connectivity index (χ4v) is 1.48. The third-order valence-electron chi connectivity index (χ3n) is 2.16. The highest BCUT2D eigenvalue weighted by Crippen LogP contribution is 2.18. The average molecular weight is 172 g/mol. The molecule has 2 rings (SSSR count). The minimum absolute atomic E-state index is 0.572. The lowest BCUT2D eigenvalue weighted by molar-refractivity contribution is 1.05. The zero-order valence-corrected chi connectivity index (χ0v) is 7.40. The molecule has 0 atom stereocenters. The van der Waals surface area contributed by atoms with Crippen molar-refractivity contribution in [2.45, 2.75) is 13.0 Å². The van der Waals surface area contributed by atoms with Crippen molar-refractivity contribution in [3.63, 3.8) is 0 Å². The van der Waals surface area contributed by atoms with Gasteiger partial charge < -0.3 is 5.73 Å². The van der Waals surface area contributed by atoms with Crippen LogP contribution in [0.15, 0.2) is 24.4 Å². The van der Waals surface area contributed by atoms with Crippen molar-refractivity contribution in [2.24, 2.45) is 5.73 Å². The topological polar surface area (TPSA) is 38.9 Å². The number of aromatic nitrogens is 1. The van der Waals surface area contributed by atoms with Crippen LogP contribution in [0.3, 0.4) is 0 Å². The highest BCUT2D eigenvalue weighted by molar-refractivity contribution is 5.67. The van der Waals surface area contributed by atoms with Gasteiger partial charge in [-0.3, -0.25) is 4.98 Å². The number of pyridine rings is 1. The molecule has 1 aliphatic rings. The van der Waals surface area contributed by atoms with E-state index in [1.807, 2.05) is 12.3 Å². The average Bonchev–Trinajstić information content (AvgIpc) is 2.41. The Kier molecular flexibility index (Phi) is 2.23. The van der Waals surface area contributed by atoms with E-state index >= 15 is 0 Å². The lowest BCUT2D eigenvalue weighted by Gasteiger charge is -2.04. The second-order valence-electron chi connectivity index (χ2n) is 3.01. The second-order valence-corrected chi connectivity index (χ2v) is 3.01. The number of fused-ring (bicyclic) bond motifs is 1. The number of hydrogen-bond acceptors (Lipinski definition) is 2. The number of allylic oxidation sites excluding steroid dienone is 2. The van der Waals surface area contributed by atoms with Crippen LogP contribution in [0.2, 0.25) is 0 Å². The van der Waals surface area contributed by atoms with E-state index in [1.165, 1.54) is 5.56 Å². The van der Waals surface area contributed by atoms with Gasteiger partial charge in [-0.05, 0) is 24.1 Å². The van der Waals surface area contributed by atoms with Crippen LogP contribution in [0.5, 0.6) is 0 Å². The normalized spacial score (nSPS) is 13.9. The summed E-state index contributed by atoms with van der Waals surface area (Å²) in [7, 11) is 0. The van der Waals surface area contributed by atoms with Gasteiger partial charge in [-0.25, -0.2) is 0 Å². The third-order valence-corrected chi connectivity index (χ3v) is 2.16. The number of hydrogen-bond donors (Lipinski definition) is 1. The third kappa shape index (κ3) is 1.53. The highest BCUT2D eigenvalue weighted by Gasteiger charge is 2.04. The zero-order valence-electron chi connectivity index (χ0n) is 7.40. The quantitative estimate of drug-likeness (QED) is 0.703. The summed E-state index contributed by atoms with van der Waals surface area (Å²) in [6.45, 7) is 0.572. The molecule has 2 N–H and O–H groups in total. The van der Waals surface area contributed by atoms with Gasteiger partial charge in [0.15, 0.2) is 0 Å². The molecule has 0 saturated heterocycles. The van der Waals surface area contributed by atoms with Crippen LogP contribution in [0.25, 0.3) is 12.2 Å². The molecule has 0 fully saturated rings. The van der Waals surface area contributed by atoms with Crippen molar-refractivity contribution in [1.29, 1.82) is 0 Å². The summed E-state index contributed by atoms with van der Waals surface area (Å²) in [5.74, 6) is 0. The molecule has 13 heavy (non-hydrogen) atoms. The SMILES string of the molecule is NCc1ccnc2c1C=CCC=C2. The summed E-state index contributed by atoms with van der Waals surface area (Å²) in [5.41, 5.74) is 8.99. The summed E-state index contributed by atoms with van der Waals surface area (Å²) < 4.78 is 0. The van der Waals surface area contributed by atoms with Crippen LogP contribution in [0.4, 0.5) is 0 Å². The van der Waals surface area contributed by atoms with Gasteiger partial charge in [-0.1, -0.05) is 18.2 Å². The van der Waals surface area contributed by atoms with E-state index in [4.69, 9.17) is 5.73 Å². The predicted octanol–water partition coefficient (Wildman–Crippen LogP) is 1.97. The van der Waals surface area contributed by atoms with Crippen LogP contribution in [-0.2, 0) is 6.54 Å². The van der Waals surface area contributed by atoms with E-state index < -0.39 is 0 Å². The first-order valence-electron chi connectivity index (χ1n) is 4.43. The molecule has 0 unspecified atom stereocenters. The molecular weight excluding hydrogens is 160 g/mol. The molecule has 0 aliphatic heterocycles. The predicted molar refractivity (Wildman–Crippen MR) is 54.8 cm³/mol. The van der Waals surface area contributed by atoms with Gasteiger partial charge in [0.05, 0.1) is 5.69 Å². The number of nitrogens with zero attached hydrogens (tertiary/aromatic N) is 1. The van der Waals surface area contributed by atoms with E-state index in [0.717, 1.165) is 17.7 Å². The maximum absolute atomic E-state index is 5.64. The molecule has 0 bridgehead atoms. The van der Waals surface area contributed by atoms with E-state index in [2.05, 4.69) is 29.3 Å². The molecule has 2 nitrogen and oxygen atoms in total. The van der Waals surface area contributed by atoms with Gasteiger partial charge >= 0.3 is 0 Å². The van der Waals surface area contributed by atoms with Gasteiger partial charge in [0.1, 0.15) is 0 Å². The van der Waals surface area contributed by atoms with Crippen LogP contribution >= 0.6 is 0 Å². The van der Waals surface area contributed by atoms with Crippen LogP contribution in [0.1, 0.15) is 23.2 Å². The van der Waals surface area contributed by atoms with Crippen molar-refractivity contribution in [1.82, 2.24) is 4.98 Å². The molecule has 1 heterocycles. The van der Waals surface area contributed by atoms with Crippen LogP contribution < -0.4 is 5.73 Å². The molecule has 0 amide bonds. The highest BCUT2D eigenvalue weighted by atomic mass is 14.7. The van der Waals surface area contributed by atoms with Crippen molar-refractivity contribution >= 4 is 12.2 Å². The Balaban J connectivity index is 2.59. The summed E-state index contributed by atoms with van der Waals surface area (Å²) in [6, 6.07) is 1.97. The van der Waals surface area contributed by atoms with Gasteiger partial charge in [0.25, 0.3) is 0 Å². The first-order valence-corrected chi connectivity index (χ1v) is 4.43. The number of nitrogens with two attached hydrogens (primary N) is 1. The first-order chi connectivity index (χ1) is 6.42. The lowest BCUT2D eigenvalue weighted by atomic mass is 10.1. The molecule has 1 aromatic heterocycles. The van der Waals surface area contributed by atoms with Crippen LogP contribution in [0, 0.1) is 0 Å². The van der Waals surface area contributed by atoms with Crippen molar-refractivity contribution < 1.29 is 0 Å². The van der Waals surface area contributed by atoms with Gasteiger partial charge in [-0.2, -0.15) is 0 Å². The maximum Gasteiger partial charge on any atom is 0.0702 e. The Labute approximate surface area is 77.8 Å². The summed E-state index contributed by atoms with van der Waals surface area (Å²) in [5, 5.41) is 0. The monoisotopic (exact) mass is 172 g/mol. The van der Waals surface area contributed by atoms with Gasteiger partial charge in [0, 0.05) is 18.3 Å². The van der Waals surface area contributed by atoms with E-state index in [9.17, 15) is 0 Å². The Bertz CT molecular complexity index is 364. The second kappa shape index (κ2) is 3.54. The Morgan fingerprint density at radius 2 is 2.15 bits per heavy atom. The van der Waals surface area contributed by atoms with Crippen LogP contribution in [-0.4, -0.2) is 4.98 Å². The van der Waals surface area contributed by atoms with E-state index in [-0.39, 0.29) is 0 Å². The van der Waals surface area contributed by atoms with Crippen molar-refractivity contribution in [2.75, 3.05) is 0 Å². The smallest absolute Gasteiger partial charge is 0.0702 e. The Hall–Kier alpha value is -1.41. The Morgan fingerprint density at radius 1 is 1.31 bits per heavy atom. The zero-order chi connectivity index (χ0) is 9.10. The minimum atomic E-state index is 0.572. The number of rotatable bonds is 1. The fraction of sp³-hybridized carbons (Fsp3) is 0.182. The summed E-state index contributed by atoms with van der Waals surface area (Å²) in [4.78, 5) is 4.29. The summed E-state index contributed by atoms with van der Waals surface area (Å²) >= 11 is 0. The molecule has 2 heteroatoms. The summed E-state index contributed by atoms with van der Waals surface area (Å²) in [6.07, 6.45) is 11.2. The molecule has 66 valence electrons.